The van der Waals surface area contributed by atoms with Crippen LogP contribution in [0.5, 0.6) is 0 Å². The van der Waals surface area contributed by atoms with Crippen LogP contribution in [0.25, 0.3) is 0 Å². The van der Waals surface area contributed by atoms with E-state index in [0.717, 1.165) is 18.9 Å². The topological polar surface area (TPSA) is 24.9 Å². The van der Waals surface area contributed by atoms with Crippen molar-refractivity contribution in [3.8, 4) is 0 Å². The van der Waals surface area contributed by atoms with Gasteiger partial charge in [-0.05, 0) is 25.3 Å². The molecule has 0 radical (unpaired) electrons. The van der Waals surface area contributed by atoms with Crippen molar-refractivity contribution in [2.24, 2.45) is 5.92 Å². The smallest absolute Gasteiger partial charge is 0.0940 e. The molecule has 0 aliphatic heterocycles. The Bertz CT molecular complexity index is 241. The third-order valence-electron chi connectivity index (χ3n) is 2.54. The average Bonchev–Trinajstić information content (AvgIpc) is 2.85. The van der Waals surface area contributed by atoms with Crippen molar-refractivity contribution in [2.75, 3.05) is 6.54 Å². The van der Waals surface area contributed by atoms with Gasteiger partial charge in [-0.2, -0.15) is 0 Å². The van der Waals surface area contributed by atoms with Crippen LogP contribution >= 0.6 is 11.3 Å². The lowest BCUT2D eigenvalue weighted by atomic mass is 10.1. The number of hydrogen-bond donors (Lipinski definition) is 1. The van der Waals surface area contributed by atoms with E-state index in [0.29, 0.717) is 6.04 Å². The van der Waals surface area contributed by atoms with Crippen LogP contribution in [0.3, 0.4) is 0 Å². The van der Waals surface area contributed by atoms with Crippen molar-refractivity contribution in [3.63, 3.8) is 0 Å². The number of likely N-dealkylation sites (N-methyl/N-ethyl adjacent to an activating group) is 1. The van der Waals surface area contributed by atoms with E-state index in [1.54, 1.807) is 11.3 Å². The summed E-state index contributed by atoms with van der Waals surface area (Å²) >= 11 is 1.77. The molecule has 3 heteroatoms. The zero-order valence-corrected chi connectivity index (χ0v) is 8.81. The molecule has 2 rings (SSSR count). The fourth-order valence-electron chi connectivity index (χ4n) is 1.71. The predicted molar refractivity (Wildman–Crippen MR) is 56.0 cm³/mol. The molecule has 1 atom stereocenters. The molecule has 1 heterocycles. The molecule has 1 fully saturated rings. The Hall–Kier alpha value is -0.410. The minimum Gasteiger partial charge on any atom is -0.314 e. The molecule has 72 valence electrons. The minimum absolute atomic E-state index is 0.677. The molecule has 0 saturated heterocycles. The maximum atomic E-state index is 4.33. The Labute approximate surface area is 83.4 Å². The Morgan fingerprint density at radius 2 is 2.54 bits per heavy atom. The van der Waals surface area contributed by atoms with Crippen LogP contribution in [0.15, 0.2) is 11.6 Å². The highest BCUT2D eigenvalue weighted by atomic mass is 32.1. The highest BCUT2D eigenvalue weighted by molar-refractivity contribution is 7.09. The number of nitrogens with zero attached hydrogens (tertiary/aromatic N) is 1. The number of thiazole rings is 1. The Morgan fingerprint density at radius 1 is 1.69 bits per heavy atom. The lowest BCUT2D eigenvalue weighted by Gasteiger charge is -2.15. The van der Waals surface area contributed by atoms with Gasteiger partial charge in [0.1, 0.15) is 0 Å². The molecule has 1 aliphatic carbocycles. The van der Waals surface area contributed by atoms with E-state index in [2.05, 4.69) is 22.6 Å². The summed E-state index contributed by atoms with van der Waals surface area (Å²) in [6, 6.07) is 0.677. The molecule has 0 spiro atoms. The predicted octanol–water partition coefficient (Wildman–Crippen LogP) is 2.07. The van der Waals surface area contributed by atoms with Crippen molar-refractivity contribution >= 4 is 11.3 Å². The second kappa shape index (κ2) is 4.20. The molecule has 1 aromatic heterocycles. The highest BCUT2D eigenvalue weighted by Crippen LogP contribution is 2.34. The van der Waals surface area contributed by atoms with Crippen molar-refractivity contribution in [1.29, 1.82) is 0 Å². The van der Waals surface area contributed by atoms with E-state index in [9.17, 15) is 0 Å². The van der Waals surface area contributed by atoms with Gasteiger partial charge in [-0.1, -0.05) is 6.92 Å². The summed E-state index contributed by atoms with van der Waals surface area (Å²) in [5.41, 5.74) is 0. The zero-order chi connectivity index (χ0) is 9.10. The molecule has 1 N–H and O–H groups in total. The number of hydrogen-bond acceptors (Lipinski definition) is 3. The summed E-state index contributed by atoms with van der Waals surface area (Å²) in [6.07, 6.45) is 5.83. The van der Waals surface area contributed by atoms with Gasteiger partial charge in [0.15, 0.2) is 0 Å². The van der Waals surface area contributed by atoms with Gasteiger partial charge in [-0.3, -0.25) is 0 Å². The third-order valence-corrected chi connectivity index (χ3v) is 3.34. The van der Waals surface area contributed by atoms with E-state index in [1.165, 1.54) is 17.8 Å². The van der Waals surface area contributed by atoms with Crippen molar-refractivity contribution in [2.45, 2.75) is 32.2 Å². The van der Waals surface area contributed by atoms with Gasteiger partial charge >= 0.3 is 0 Å². The van der Waals surface area contributed by atoms with Crippen LogP contribution < -0.4 is 5.32 Å². The maximum absolute atomic E-state index is 4.33. The first-order valence-electron chi connectivity index (χ1n) is 5.02. The maximum Gasteiger partial charge on any atom is 0.0940 e. The Balaban J connectivity index is 1.89. The molecule has 1 aliphatic rings. The minimum atomic E-state index is 0.677. The summed E-state index contributed by atoms with van der Waals surface area (Å²) in [4.78, 5) is 4.33. The molecule has 0 aromatic carbocycles. The molecule has 13 heavy (non-hydrogen) atoms. The van der Waals surface area contributed by atoms with Crippen LogP contribution in [0.2, 0.25) is 0 Å². The summed E-state index contributed by atoms with van der Waals surface area (Å²) in [6.45, 7) is 3.25. The van der Waals surface area contributed by atoms with Gasteiger partial charge in [0, 0.05) is 24.0 Å². The van der Waals surface area contributed by atoms with Gasteiger partial charge in [0.2, 0.25) is 0 Å². The van der Waals surface area contributed by atoms with Crippen molar-refractivity contribution in [3.05, 3.63) is 16.6 Å². The first-order chi connectivity index (χ1) is 6.40. The van der Waals surface area contributed by atoms with E-state index in [4.69, 9.17) is 0 Å². The third kappa shape index (κ3) is 2.51. The molecule has 1 unspecified atom stereocenters. The Kier molecular flexibility index (Phi) is 2.96. The number of rotatable bonds is 5. The fraction of sp³-hybridized carbons (Fsp3) is 0.700. The van der Waals surface area contributed by atoms with Crippen LogP contribution in [0, 0.1) is 5.92 Å². The summed E-state index contributed by atoms with van der Waals surface area (Å²) in [7, 11) is 0. The largest absolute Gasteiger partial charge is 0.314 e. The van der Waals surface area contributed by atoms with Crippen LogP contribution in [-0.2, 0) is 6.42 Å². The molecule has 1 aromatic rings. The highest BCUT2D eigenvalue weighted by Gasteiger charge is 2.30. The van der Waals surface area contributed by atoms with Crippen LogP contribution in [0.4, 0.5) is 0 Å². The second-order valence-electron chi connectivity index (χ2n) is 3.63. The molecule has 0 amide bonds. The standard InChI is InChI=1S/C10H16N2S/c1-2-11-9(8-3-4-8)7-10-12-5-6-13-10/h5-6,8-9,11H,2-4,7H2,1H3. The van der Waals surface area contributed by atoms with Crippen LogP contribution in [0.1, 0.15) is 24.8 Å². The van der Waals surface area contributed by atoms with E-state index < -0.39 is 0 Å². The van der Waals surface area contributed by atoms with Gasteiger partial charge in [0.25, 0.3) is 0 Å². The fourth-order valence-corrected chi connectivity index (χ4v) is 2.38. The summed E-state index contributed by atoms with van der Waals surface area (Å²) in [5, 5.41) is 6.89. The number of nitrogens with one attached hydrogen (secondary N) is 1. The monoisotopic (exact) mass is 196 g/mol. The SMILES string of the molecule is CCNC(Cc1nccs1)C1CC1. The van der Waals surface area contributed by atoms with Gasteiger partial charge in [-0.25, -0.2) is 4.98 Å². The normalized spacial score (nSPS) is 18.8. The van der Waals surface area contributed by atoms with E-state index >= 15 is 0 Å². The number of aromatic nitrogens is 1. The van der Waals surface area contributed by atoms with Gasteiger partial charge in [0.05, 0.1) is 5.01 Å². The second-order valence-corrected chi connectivity index (χ2v) is 4.61. The molecule has 1 saturated carbocycles. The Morgan fingerprint density at radius 3 is 3.08 bits per heavy atom. The molecular weight excluding hydrogens is 180 g/mol. The van der Waals surface area contributed by atoms with E-state index in [1.807, 2.05) is 6.20 Å². The van der Waals surface area contributed by atoms with Gasteiger partial charge < -0.3 is 5.32 Å². The van der Waals surface area contributed by atoms with Crippen molar-refractivity contribution in [1.82, 2.24) is 10.3 Å². The zero-order valence-electron chi connectivity index (χ0n) is 7.99. The van der Waals surface area contributed by atoms with E-state index in [-0.39, 0.29) is 0 Å². The summed E-state index contributed by atoms with van der Waals surface area (Å²) < 4.78 is 0. The quantitative estimate of drug-likeness (QED) is 0.780. The van der Waals surface area contributed by atoms with Crippen LogP contribution in [-0.4, -0.2) is 17.6 Å². The lowest BCUT2D eigenvalue weighted by Crippen LogP contribution is -2.32. The molecule has 2 nitrogen and oxygen atoms in total. The molecule has 0 bridgehead atoms. The lowest BCUT2D eigenvalue weighted by molar-refractivity contribution is 0.472. The van der Waals surface area contributed by atoms with Crippen molar-refractivity contribution < 1.29 is 0 Å². The first kappa shape index (κ1) is 9.16. The summed E-state index contributed by atoms with van der Waals surface area (Å²) in [5.74, 6) is 0.920. The van der Waals surface area contributed by atoms with Gasteiger partial charge in [-0.15, -0.1) is 11.3 Å². The average molecular weight is 196 g/mol. The first-order valence-corrected chi connectivity index (χ1v) is 5.90. The molecular formula is C10H16N2S.